The van der Waals surface area contributed by atoms with Crippen molar-refractivity contribution in [3.05, 3.63) is 101 Å². The largest absolute Gasteiger partial charge is 0.337 e. The second kappa shape index (κ2) is 8.92. The number of hydrogen-bond donors (Lipinski definition) is 0. The van der Waals surface area contributed by atoms with E-state index in [9.17, 15) is 4.79 Å². The molecule has 0 unspecified atom stereocenters. The van der Waals surface area contributed by atoms with E-state index in [2.05, 4.69) is 62.4 Å². The second-order valence-electron chi connectivity index (χ2n) is 6.95. The van der Waals surface area contributed by atoms with Crippen LogP contribution in [0.1, 0.15) is 32.6 Å². The number of aryl methyl sites for hydroxylation is 2. The van der Waals surface area contributed by atoms with Crippen LogP contribution in [-0.2, 0) is 12.3 Å². The van der Waals surface area contributed by atoms with Gasteiger partial charge in [-0.25, -0.2) is 0 Å². The Labute approximate surface area is 166 Å². The fraction of sp³-hybridized carbons (Fsp3) is 0.208. The molecule has 138 valence electrons. The van der Waals surface area contributed by atoms with E-state index in [1.54, 1.807) is 4.90 Å². The van der Waals surface area contributed by atoms with Crippen LogP contribution in [0.2, 0.25) is 0 Å². The molecule has 2 nitrogen and oxygen atoms in total. The van der Waals surface area contributed by atoms with Crippen LogP contribution < -0.4 is 0 Å². The number of benzene rings is 3. The smallest absolute Gasteiger partial charge is 0.253 e. The third-order valence-corrected chi connectivity index (χ3v) is 5.60. The maximum Gasteiger partial charge on any atom is 0.253 e. The fourth-order valence-corrected chi connectivity index (χ4v) is 3.66. The molecule has 0 atom stereocenters. The summed E-state index contributed by atoms with van der Waals surface area (Å²) >= 11 is 1.81. The summed E-state index contributed by atoms with van der Waals surface area (Å²) in [6.45, 7) is 4.78. The summed E-state index contributed by atoms with van der Waals surface area (Å²) in [5.41, 5.74) is 5.60. The first kappa shape index (κ1) is 19.2. The van der Waals surface area contributed by atoms with Gasteiger partial charge in [-0.3, -0.25) is 4.79 Å². The molecule has 0 aliphatic rings. The van der Waals surface area contributed by atoms with E-state index < -0.39 is 0 Å². The molecule has 0 radical (unpaired) electrons. The molecular weight excluding hydrogens is 350 g/mol. The van der Waals surface area contributed by atoms with Crippen molar-refractivity contribution in [1.29, 1.82) is 0 Å². The first-order valence-corrected chi connectivity index (χ1v) is 10.1. The number of carbonyl (C=O) groups excluding carboxylic acids is 1. The number of thioether (sulfide) groups is 1. The second-order valence-corrected chi connectivity index (χ2v) is 7.99. The summed E-state index contributed by atoms with van der Waals surface area (Å²) in [4.78, 5) is 15.7. The highest BCUT2D eigenvalue weighted by Gasteiger charge is 2.12. The summed E-state index contributed by atoms with van der Waals surface area (Å²) in [5.74, 6) is 0.949. The Bertz CT molecular complexity index is 883. The minimum Gasteiger partial charge on any atom is -0.337 e. The molecule has 0 aliphatic carbocycles. The molecule has 0 N–H and O–H groups in total. The Hall–Kier alpha value is -2.52. The van der Waals surface area contributed by atoms with E-state index in [0.29, 0.717) is 6.54 Å². The van der Waals surface area contributed by atoms with Gasteiger partial charge >= 0.3 is 0 Å². The number of hydrogen-bond acceptors (Lipinski definition) is 2. The van der Waals surface area contributed by atoms with Gasteiger partial charge in [0.2, 0.25) is 0 Å². The highest BCUT2D eigenvalue weighted by molar-refractivity contribution is 7.98. The van der Waals surface area contributed by atoms with Gasteiger partial charge in [0.25, 0.3) is 5.91 Å². The van der Waals surface area contributed by atoms with Crippen LogP contribution in [0.5, 0.6) is 0 Å². The number of nitrogens with zero attached hydrogens (tertiary/aromatic N) is 1. The van der Waals surface area contributed by atoms with Gasteiger partial charge in [0.05, 0.1) is 0 Å². The van der Waals surface area contributed by atoms with Gasteiger partial charge in [0.1, 0.15) is 0 Å². The highest BCUT2D eigenvalue weighted by atomic mass is 32.2. The van der Waals surface area contributed by atoms with Gasteiger partial charge in [0.15, 0.2) is 0 Å². The summed E-state index contributed by atoms with van der Waals surface area (Å²) in [5, 5.41) is 0. The number of carbonyl (C=O) groups is 1. The summed E-state index contributed by atoms with van der Waals surface area (Å²) in [7, 11) is 1.85. The van der Waals surface area contributed by atoms with Crippen molar-refractivity contribution in [2.24, 2.45) is 0 Å². The van der Waals surface area contributed by atoms with E-state index in [-0.39, 0.29) is 5.91 Å². The molecule has 3 heteroatoms. The van der Waals surface area contributed by atoms with E-state index in [1.807, 2.05) is 43.1 Å². The molecular formula is C24H25NOS. The Morgan fingerprint density at radius 3 is 1.89 bits per heavy atom. The summed E-state index contributed by atoms with van der Waals surface area (Å²) in [6, 6.07) is 24.8. The van der Waals surface area contributed by atoms with Crippen LogP contribution >= 0.6 is 11.8 Å². The SMILES string of the molecule is Cc1ccc(CN(C)C(=O)c2ccc(CSc3ccc(C)cc3)cc2)cc1. The van der Waals surface area contributed by atoms with Crippen LogP contribution in [0.4, 0.5) is 0 Å². The zero-order chi connectivity index (χ0) is 19.2. The van der Waals surface area contributed by atoms with E-state index >= 15 is 0 Å². The van der Waals surface area contributed by atoms with Crippen molar-refractivity contribution in [3.8, 4) is 0 Å². The molecule has 1 amide bonds. The van der Waals surface area contributed by atoms with Gasteiger partial charge < -0.3 is 4.90 Å². The molecule has 0 spiro atoms. The van der Waals surface area contributed by atoms with Gasteiger partial charge in [-0.1, -0.05) is 59.7 Å². The van der Waals surface area contributed by atoms with E-state index in [0.717, 1.165) is 16.9 Å². The minimum atomic E-state index is 0.0494. The molecule has 3 aromatic rings. The third kappa shape index (κ3) is 5.48. The van der Waals surface area contributed by atoms with Crippen molar-refractivity contribution >= 4 is 17.7 Å². The van der Waals surface area contributed by atoms with Crippen LogP contribution in [0.15, 0.2) is 77.7 Å². The lowest BCUT2D eigenvalue weighted by Crippen LogP contribution is -2.26. The van der Waals surface area contributed by atoms with Gasteiger partial charge in [-0.05, 0) is 49.2 Å². The molecule has 3 rings (SSSR count). The van der Waals surface area contributed by atoms with Crippen molar-refractivity contribution < 1.29 is 4.79 Å². The molecule has 0 bridgehead atoms. The van der Waals surface area contributed by atoms with Gasteiger partial charge in [-0.15, -0.1) is 11.8 Å². The first-order chi connectivity index (χ1) is 13.0. The average Bonchev–Trinajstić information content (AvgIpc) is 2.69. The van der Waals surface area contributed by atoms with E-state index in [1.165, 1.54) is 21.6 Å². The van der Waals surface area contributed by atoms with Crippen LogP contribution in [0.3, 0.4) is 0 Å². The Kier molecular flexibility index (Phi) is 6.36. The third-order valence-electron chi connectivity index (χ3n) is 4.51. The van der Waals surface area contributed by atoms with Gasteiger partial charge in [0, 0.05) is 29.8 Å². The van der Waals surface area contributed by atoms with E-state index in [4.69, 9.17) is 0 Å². The number of amides is 1. The molecule has 0 heterocycles. The monoisotopic (exact) mass is 375 g/mol. The molecule has 0 aromatic heterocycles. The molecule has 0 saturated carbocycles. The Balaban J connectivity index is 1.57. The van der Waals surface area contributed by atoms with Gasteiger partial charge in [-0.2, -0.15) is 0 Å². The Morgan fingerprint density at radius 1 is 0.778 bits per heavy atom. The lowest BCUT2D eigenvalue weighted by molar-refractivity contribution is 0.0785. The summed E-state index contributed by atoms with van der Waals surface area (Å²) < 4.78 is 0. The van der Waals surface area contributed by atoms with Crippen LogP contribution in [0, 0.1) is 13.8 Å². The maximum atomic E-state index is 12.7. The van der Waals surface area contributed by atoms with Crippen molar-refractivity contribution in [2.75, 3.05) is 7.05 Å². The topological polar surface area (TPSA) is 20.3 Å². The number of rotatable bonds is 6. The van der Waals surface area contributed by atoms with Crippen LogP contribution in [0.25, 0.3) is 0 Å². The standard InChI is InChI=1S/C24H25NOS/c1-18-4-8-20(9-5-18)16-25(3)24(26)22-12-10-21(11-13-22)17-27-23-14-6-19(2)7-15-23/h4-15H,16-17H2,1-3H3. The highest BCUT2D eigenvalue weighted by Crippen LogP contribution is 2.23. The summed E-state index contributed by atoms with van der Waals surface area (Å²) in [6.07, 6.45) is 0. The molecule has 0 saturated heterocycles. The molecule has 27 heavy (non-hydrogen) atoms. The fourth-order valence-electron chi connectivity index (χ4n) is 2.80. The quantitative estimate of drug-likeness (QED) is 0.502. The van der Waals surface area contributed by atoms with Crippen molar-refractivity contribution in [3.63, 3.8) is 0 Å². The van der Waals surface area contributed by atoms with Crippen molar-refractivity contribution in [1.82, 2.24) is 4.90 Å². The lowest BCUT2D eigenvalue weighted by atomic mass is 10.1. The first-order valence-electron chi connectivity index (χ1n) is 9.11. The predicted octanol–water partition coefficient (Wildman–Crippen LogP) is 5.87. The molecule has 0 fully saturated rings. The van der Waals surface area contributed by atoms with Crippen molar-refractivity contribution in [2.45, 2.75) is 31.0 Å². The average molecular weight is 376 g/mol. The zero-order valence-corrected chi connectivity index (χ0v) is 16.9. The Morgan fingerprint density at radius 2 is 1.30 bits per heavy atom. The maximum absolute atomic E-state index is 12.7. The minimum absolute atomic E-state index is 0.0494. The van der Waals surface area contributed by atoms with Crippen LogP contribution in [-0.4, -0.2) is 17.9 Å². The normalized spacial score (nSPS) is 10.6. The predicted molar refractivity (Wildman–Crippen MR) is 114 cm³/mol. The molecule has 3 aromatic carbocycles. The lowest BCUT2D eigenvalue weighted by Gasteiger charge is -2.17. The zero-order valence-electron chi connectivity index (χ0n) is 16.1. The molecule has 0 aliphatic heterocycles.